The molecule has 2 aliphatic rings. The molecule has 2 saturated heterocycles. The molecule has 0 aliphatic carbocycles. The molecular formula is C12H22N2OS. The third-order valence-electron chi connectivity index (χ3n) is 3.91. The summed E-state index contributed by atoms with van der Waals surface area (Å²) in [5.74, 6) is 1.27. The lowest BCUT2D eigenvalue weighted by atomic mass is 9.98. The average Bonchev–Trinajstić information content (AvgIpc) is 2.64. The van der Waals surface area contributed by atoms with Gasteiger partial charge in [0.2, 0.25) is 5.91 Å². The quantitative estimate of drug-likeness (QED) is 0.810. The molecule has 0 aromatic rings. The number of thioether (sulfide) groups is 1. The summed E-state index contributed by atoms with van der Waals surface area (Å²) in [6.45, 7) is 0. The van der Waals surface area contributed by atoms with E-state index in [0.717, 1.165) is 18.6 Å². The number of piperidine rings is 1. The number of rotatable bonds is 4. The number of hydrogen-bond acceptors (Lipinski definition) is 3. The molecule has 0 aromatic heterocycles. The van der Waals surface area contributed by atoms with Crippen LogP contribution >= 0.6 is 11.8 Å². The number of nitrogens with zero attached hydrogens (tertiary/aromatic N) is 1. The largest absolute Gasteiger partial charge is 0.343 e. The Hall–Kier alpha value is -0.220. The summed E-state index contributed by atoms with van der Waals surface area (Å²) >= 11 is 1.75. The molecule has 1 amide bonds. The van der Waals surface area contributed by atoms with Crippen LogP contribution in [0.15, 0.2) is 0 Å². The molecule has 2 atom stereocenters. The first-order valence-electron chi connectivity index (χ1n) is 6.21. The molecule has 2 fully saturated rings. The summed E-state index contributed by atoms with van der Waals surface area (Å²) in [5.41, 5.74) is 0. The van der Waals surface area contributed by atoms with Crippen LogP contribution in [0.3, 0.4) is 0 Å². The minimum Gasteiger partial charge on any atom is -0.343 e. The van der Waals surface area contributed by atoms with E-state index < -0.39 is 0 Å². The van der Waals surface area contributed by atoms with Crippen LogP contribution in [0.4, 0.5) is 0 Å². The van der Waals surface area contributed by atoms with Gasteiger partial charge in [0, 0.05) is 37.3 Å². The maximum absolute atomic E-state index is 11.9. The zero-order chi connectivity index (χ0) is 11.5. The van der Waals surface area contributed by atoms with Gasteiger partial charge in [-0.3, -0.25) is 4.79 Å². The summed E-state index contributed by atoms with van der Waals surface area (Å²) < 4.78 is 0. The summed E-state index contributed by atoms with van der Waals surface area (Å²) in [6, 6.07) is 1.81. The lowest BCUT2D eigenvalue weighted by molar-refractivity contribution is -0.132. The molecule has 0 radical (unpaired) electrons. The monoisotopic (exact) mass is 242 g/mol. The highest BCUT2D eigenvalue weighted by Gasteiger charge is 2.36. The van der Waals surface area contributed by atoms with Gasteiger partial charge in [-0.15, -0.1) is 0 Å². The van der Waals surface area contributed by atoms with E-state index >= 15 is 0 Å². The van der Waals surface area contributed by atoms with Gasteiger partial charge in [0.1, 0.15) is 0 Å². The number of hydrogen-bond donors (Lipinski definition) is 1. The Morgan fingerprint density at radius 2 is 2.00 bits per heavy atom. The van der Waals surface area contributed by atoms with Crippen molar-refractivity contribution >= 4 is 17.7 Å². The Morgan fingerprint density at radius 1 is 1.38 bits per heavy atom. The topological polar surface area (TPSA) is 32.3 Å². The first-order valence-corrected chi connectivity index (χ1v) is 7.60. The molecule has 0 aromatic carbocycles. The Bertz CT molecular complexity index is 247. The summed E-state index contributed by atoms with van der Waals surface area (Å²) in [5, 5.41) is 3.62. The van der Waals surface area contributed by atoms with Gasteiger partial charge in [0.15, 0.2) is 0 Å². The number of carbonyl (C=O) groups excluding carboxylic acids is 1. The van der Waals surface area contributed by atoms with Crippen molar-refractivity contribution in [1.82, 2.24) is 10.2 Å². The van der Waals surface area contributed by atoms with Crippen LogP contribution in [0.5, 0.6) is 0 Å². The van der Waals surface area contributed by atoms with Crippen molar-refractivity contribution in [3.63, 3.8) is 0 Å². The zero-order valence-corrected chi connectivity index (χ0v) is 11.1. The van der Waals surface area contributed by atoms with Crippen LogP contribution < -0.4 is 5.32 Å². The van der Waals surface area contributed by atoms with Crippen molar-refractivity contribution < 1.29 is 4.79 Å². The second-order valence-corrected chi connectivity index (χ2v) is 6.00. The fourth-order valence-electron chi connectivity index (χ4n) is 2.91. The predicted octanol–water partition coefficient (Wildman–Crippen LogP) is 1.48. The first kappa shape index (κ1) is 12.2. The molecule has 2 heterocycles. The maximum atomic E-state index is 11.9. The van der Waals surface area contributed by atoms with Gasteiger partial charge in [-0.05, 0) is 31.9 Å². The highest BCUT2D eigenvalue weighted by Crippen LogP contribution is 2.29. The standard InChI is InChI=1S/C12H22N2OS/c1-14(12(15)5-6-16-2)11-7-9-3-4-10(8-11)13-9/h9-11,13H,3-8H2,1-2H3. The Labute approximate surface area is 102 Å². The highest BCUT2D eigenvalue weighted by molar-refractivity contribution is 7.98. The number of amides is 1. The van der Waals surface area contributed by atoms with Crippen molar-refractivity contribution in [2.24, 2.45) is 0 Å². The number of carbonyl (C=O) groups is 1. The predicted molar refractivity (Wildman–Crippen MR) is 68.7 cm³/mol. The van der Waals surface area contributed by atoms with E-state index in [-0.39, 0.29) is 0 Å². The van der Waals surface area contributed by atoms with Gasteiger partial charge < -0.3 is 10.2 Å². The van der Waals surface area contributed by atoms with Gasteiger partial charge in [-0.2, -0.15) is 11.8 Å². The van der Waals surface area contributed by atoms with E-state index in [4.69, 9.17) is 0 Å². The minimum atomic E-state index is 0.320. The van der Waals surface area contributed by atoms with Crippen molar-refractivity contribution in [1.29, 1.82) is 0 Å². The summed E-state index contributed by atoms with van der Waals surface area (Å²) in [4.78, 5) is 13.9. The summed E-state index contributed by atoms with van der Waals surface area (Å²) in [7, 11) is 1.98. The Kier molecular flexibility index (Phi) is 4.14. The molecular weight excluding hydrogens is 220 g/mol. The molecule has 16 heavy (non-hydrogen) atoms. The lowest BCUT2D eigenvalue weighted by Crippen LogP contribution is -2.48. The van der Waals surface area contributed by atoms with Gasteiger partial charge in [-0.1, -0.05) is 0 Å². The van der Waals surface area contributed by atoms with E-state index in [9.17, 15) is 4.79 Å². The molecule has 0 spiro atoms. The zero-order valence-electron chi connectivity index (χ0n) is 10.2. The molecule has 92 valence electrons. The third kappa shape index (κ3) is 2.72. The number of nitrogens with one attached hydrogen (secondary N) is 1. The number of fused-ring (bicyclic) bond motifs is 2. The van der Waals surface area contributed by atoms with E-state index in [0.29, 0.717) is 30.5 Å². The van der Waals surface area contributed by atoms with Gasteiger partial charge in [-0.25, -0.2) is 0 Å². The molecule has 2 rings (SSSR count). The van der Waals surface area contributed by atoms with Crippen molar-refractivity contribution in [2.45, 2.75) is 50.2 Å². The molecule has 4 heteroatoms. The van der Waals surface area contributed by atoms with Crippen LogP contribution in [-0.4, -0.2) is 48.0 Å². The fraction of sp³-hybridized carbons (Fsp3) is 0.917. The van der Waals surface area contributed by atoms with Gasteiger partial charge in [0.25, 0.3) is 0 Å². The summed E-state index contributed by atoms with van der Waals surface area (Å²) in [6.07, 6.45) is 7.65. The second kappa shape index (κ2) is 5.41. The Morgan fingerprint density at radius 3 is 2.56 bits per heavy atom. The second-order valence-electron chi connectivity index (χ2n) is 5.01. The molecule has 2 aliphatic heterocycles. The smallest absolute Gasteiger partial charge is 0.223 e. The van der Waals surface area contributed by atoms with Crippen molar-refractivity contribution in [3.8, 4) is 0 Å². The third-order valence-corrected chi connectivity index (χ3v) is 4.52. The highest BCUT2D eigenvalue weighted by atomic mass is 32.2. The normalized spacial score (nSPS) is 32.8. The molecule has 2 unspecified atom stereocenters. The van der Waals surface area contributed by atoms with E-state index in [1.165, 1.54) is 12.8 Å². The molecule has 0 saturated carbocycles. The van der Waals surface area contributed by atoms with Crippen LogP contribution in [-0.2, 0) is 4.79 Å². The van der Waals surface area contributed by atoms with Crippen molar-refractivity contribution in [3.05, 3.63) is 0 Å². The minimum absolute atomic E-state index is 0.320. The maximum Gasteiger partial charge on any atom is 0.223 e. The van der Waals surface area contributed by atoms with Crippen LogP contribution in [0.1, 0.15) is 32.1 Å². The molecule has 1 N–H and O–H groups in total. The van der Waals surface area contributed by atoms with Crippen molar-refractivity contribution in [2.75, 3.05) is 19.1 Å². The van der Waals surface area contributed by atoms with Crippen LogP contribution in [0, 0.1) is 0 Å². The lowest BCUT2D eigenvalue weighted by Gasteiger charge is -2.35. The average molecular weight is 242 g/mol. The van der Waals surface area contributed by atoms with E-state index in [2.05, 4.69) is 11.6 Å². The van der Waals surface area contributed by atoms with Crippen LogP contribution in [0.2, 0.25) is 0 Å². The van der Waals surface area contributed by atoms with Crippen LogP contribution in [0.25, 0.3) is 0 Å². The van der Waals surface area contributed by atoms with E-state index in [1.807, 2.05) is 11.9 Å². The van der Waals surface area contributed by atoms with Gasteiger partial charge >= 0.3 is 0 Å². The SMILES string of the molecule is CSCCC(=O)N(C)C1CC2CCC(C1)N2. The molecule has 3 nitrogen and oxygen atoms in total. The van der Waals surface area contributed by atoms with E-state index in [1.54, 1.807) is 11.8 Å². The first-order chi connectivity index (χ1) is 7.70. The fourth-order valence-corrected chi connectivity index (χ4v) is 3.29. The Balaban J connectivity index is 1.84. The molecule has 2 bridgehead atoms. The van der Waals surface area contributed by atoms with Gasteiger partial charge in [0.05, 0.1) is 0 Å².